The van der Waals surface area contributed by atoms with E-state index in [1.54, 1.807) is 6.20 Å². The maximum atomic E-state index is 12.0. The number of aromatic nitrogens is 2. The summed E-state index contributed by atoms with van der Waals surface area (Å²) in [6.45, 7) is 0. The molecule has 1 aromatic heterocycles. The van der Waals surface area contributed by atoms with Crippen molar-refractivity contribution in [1.82, 2.24) is 10.2 Å². The van der Waals surface area contributed by atoms with Gasteiger partial charge in [-0.05, 0) is 39.5 Å². The Kier molecular flexibility index (Phi) is 6.01. The lowest BCUT2D eigenvalue weighted by atomic mass is 9.92. The normalized spacial score (nSPS) is 12.2. The fourth-order valence-corrected chi connectivity index (χ4v) is 3.37. The van der Waals surface area contributed by atoms with Gasteiger partial charge < -0.3 is 9.47 Å². The molecule has 124 valence electrons. The van der Waals surface area contributed by atoms with Gasteiger partial charge in [-0.25, -0.2) is 0 Å². The van der Waals surface area contributed by atoms with Crippen LogP contribution in [0.4, 0.5) is 0 Å². The Morgan fingerprint density at radius 1 is 1.39 bits per heavy atom. The van der Waals surface area contributed by atoms with E-state index in [1.807, 2.05) is 6.07 Å². The van der Waals surface area contributed by atoms with E-state index >= 15 is 0 Å². The number of H-pyrrole nitrogens is 1. The van der Waals surface area contributed by atoms with E-state index in [9.17, 15) is 9.59 Å². The fraction of sp³-hybridized carbons (Fsp3) is 0.400. The smallest absolute Gasteiger partial charge is 0.309 e. The van der Waals surface area contributed by atoms with Gasteiger partial charge in [0.25, 0.3) is 0 Å². The number of fused-ring (bicyclic) bond motifs is 1. The van der Waals surface area contributed by atoms with E-state index in [1.165, 1.54) is 14.2 Å². The molecule has 1 atom stereocenters. The lowest BCUT2D eigenvalue weighted by Crippen LogP contribution is -2.23. The molecular weight excluding hydrogens is 388 g/mol. The summed E-state index contributed by atoms with van der Waals surface area (Å²) in [5.74, 6) is -1.29. The lowest BCUT2D eigenvalue weighted by Gasteiger charge is -2.16. The van der Waals surface area contributed by atoms with E-state index in [2.05, 4.69) is 30.9 Å². The van der Waals surface area contributed by atoms with Gasteiger partial charge in [0.2, 0.25) is 0 Å². The third kappa shape index (κ3) is 3.84. The molecule has 0 saturated carbocycles. The molecule has 0 aliphatic rings. The molecule has 0 fully saturated rings. The first-order chi connectivity index (χ1) is 11.0. The van der Waals surface area contributed by atoms with Crippen molar-refractivity contribution in [3.05, 3.63) is 27.9 Å². The molecule has 23 heavy (non-hydrogen) atoms. The number of hydrogen-bond donors (Lipinski definition) is 1. The molecule has 0 saturated heterocycles. The molecule has 0 aliphatic heterocycles. The van der Waals surface area contributed by atoms with E-state index in [0.29, 0.717) is 6.42 Å². The first kappa shape index (κ1) is 17.7. The van der Waals surface area contributed by atoms with Crippen molar-refractivity contribution in [2.45, 2.75) is 18.7 Å². The summed E-state index contributed by atoms with van der Waals surface area (Å²) in [4.78, 5) is 23.5. The quantitative estimate of drug-likeness (QED) is 0.592. The molecule has 0 bridgehead atoms. The number of aromatic amines is 1. The number of halogens is 2. The van der Waals surface area contributed by atoms with Gasteiger partial charge in [0, 0.05) is 15.7 Å². The molecule has 1 N–H and O–H groups in total. The zero-order valence-corrected chi connectivity index (χ0v) is 15.0. The highest BCUT2D eigenvalue weighted by Crippen LogP contribution is 2.31. The Labute approximate surface area is 146 Å². The number of carbonyl (C=O) groups excluding carboxylic acids is 2. The third-order valence-corrected chi connectivity index (χ3v) is 4.56. The van der Waals surface area contributed by atoms with E-state index in [0.717, 1.165) is 26.5 Å². The third-order valence-electron chi connectivity index (χ3n) is 3.67. The number of nitrogens with zero attached hydrogens (tertiary/aromatic N) is 1. The average Bonchev–Trinajstić information content (AvgIpc) is 3.03. The van der Waals surface area contributed by atoms with Crippen LogP contribution in [0, 0.1) is 5.92 Å². The Morgan fingerprint density at radius 2 is 2.13 bits per heavy atom. The van der Waals surface area contributed by atoms with Gasteiger partial charge in [-0.2, -0.15) is 5.10 Å². The van der Waals surface area contributed by atoms with Crippen LogP contribution in [0.1, 0.15) is 17.5 Å². The maximum absolute atomic E-state index is 12.0. The van der Waals surface area contributed by atoms with Gasteiger partial charge in [0.1, 0.15) is 0 Å². The topological polar surface area (TPSA) is 81.3 Å². The summed E-state index contributed by atoms with van der Waals surface area (Å²) in [6, 6.07) is 1.88. The number of nitrogens with one attached hydrogen (secondary N) is 1. The molecule has 1 heterocycles. The zero-order chi connectivity index (χ0) is 17.0. The van der Waals surface area contributed by atoms with Gasteiger partial charge >= 0.3 is 11.9 Å². The highest BCUT2D eigenvalue weighted by molar-refractivity contribution is 9.10. The molecule has 1 aromatic carbocycles. The molecule has 2 aromatic rings. The molecule has 0 aliphatic carbocycles. The number of hydrogen-bond acceptors (Lipinski definition) is 5. The molecule has 0 spiro atoms. The number of alkyl halides is 1. The fourth-order valence-electron chi connectivity index (χ4n) is 2.48. The number of esters is 2. The monoisotopic (exact) mass is 402 g/mol. The Bertz CT molecular complexity index is 732. The predicted octanol–water partition coefficient (Wildman–Crippen LogP) is 2.96. The predicted molar refractivity (Wildman–Crippen MR) is 89.2 cm³/mol. The van der Waals surface area contributed by atoms with Crippen molar-refractivity contribution in [2.75, 3.05) is 14.2 Å². The average molecular weight is 404 g/mol. The molecule has 2 rings (SSSR count). The first-order valence-corrected chi connectivity index (χ1v) is 8.18. The molecule has 0 radical (unpaired) electrons. The zero-order valence-electron chi connectivity index (χ0n) is 12.7. The van der Waals surface area contributed by atoms with Crippen molar-refractivity contribution >= 4 is 50.4 Å². The van der Waals surface area contributed by atoms with Crippen LogP contribution < -0.4 is 0 Å². The Morgan fingerprint density at radius 3 is 2.74 bits per heavy atom. The Hall–Kier alpha value is -1.60. The number of benzene rings is 1. The molecular formula is C15H16BrClN2O4. The number of carbonyl (C=O) groups is 2. The molecule has 6 nitrogen and oxygen atoms in total. The largest absolute Gasteiger partial charge is 0.469 e. The van der Waals surface area contributed by atoms with Gasteiger partial charge in [0.15, 0.2) is 0 Å². The summed E-state index contributed by atoms with van der Waals surface area (Å²) < 4.78 is 10.3. The van der Waals surface area contributed by atoms with Crippen LogP contribution in [0.2, 0.25) is 0 Å². The lowest BCUT2D eigenvalue weighted by molar-refractivity contribution is -0.151. The summed E-state index contributed by atoms with van der Waals surface area (Å²) in [5, 5.41) is 7.80. The van der Waals surface area contributed by atoms with Gasteiger partial charge in [0.05, 0.1) is 38.3 Å². The molecule has 0 unspecified atom stereocenters. The minimum atomic E-state index is -0.634. The maximum Gasteiger partial charge on any atom is 0.309 e. The van der Waals surface area contributed by atoms with Gasteiger partial charge in [-0.15, -0.1) is 11.6 Å². The highest BCUT2D eigenvalue weighted by Gasteiger charge is 2.25. The van der Waals surface area contributed by atoms with E-state index in [4.69, 9.17) is 16.3 Å². The van der Waals surface area contributed by atoms with Crippen LogP contribution in [0.25, 0.3) is 10.9 Å². The van der Waals surface area contributed by atoms with Crippen molar-refractivity contribution in [3.8, 4) is 0 Å². The molecule has 8 heteroatoms. The second kappa shape index (κ2) is 7.79. The van der Waals surface area contributed by atoms with Crippen molar-refractivity contribution in [3.63, 3.8) is 0 Å². The van der Waals surface area contributed by atoms with Crippen LogP contribution in [-0.2, 0) is 31.4 Å². The van der Waals surface area contributed by atoms with E-state index < -0.39 is 17.9 Å². The van der Waals surface area contributed by atoms with Gasteiger partial charge in [-0.3, -0.25) is 14.7 Å². The summed E-state index contributed by atoms with van der Waals surface area (Å²) in [6.07, 6.45) is 1.96. The van der Waals surface area contributed by atoms with Crippen molar-refractivity contribution in [1.29, 1.82) is 0 Å². The summed E-state index contributed by atoms with van der Waals surface area (Å²) >= 11 is 9.56. The Balaban J connectivity index is 2.40. The molecule has 0 amide bonds. The van der Waals surface area contributed by atoms with Crippen LogP contribution >= 0.6 is 27.5 Å². The summed E-state index contributed by atoms with van der Waals surface area (Å²) in [7, 11) is 2.58. The summed E-state index contributed by atoms with van der Waals surface area (Å²) in [5.41, 5.74) is 2.57. The number of rotatable bonds is 6. The second-order valence-electron chi connectivity index (χ2n) is 4.99. The second-order valence-corrected chi connectivity index (χ2v) is 6.11. The first-order valence-electron chi connectivity index (χ1n) is 6.85. The minimum Gasteiger partial charge on any atom is -0.469 e. The van der Waals surface area contributed by atoms with Crippen LogP contribution in [-0.4, -0.2) is 36.4 Å². The van der Waals surface area contributed by atoms with Crippen molar-refractivity contribution < 1.29 is 19.1 Å². The standard InChI is InChI=1S/C15H16BrClN2O4/c1-22-13(20)5-9(15(21)23-2)3-8-4-12(16)14-11(7-18-19-14)10(8)6-17/h4,7,9H,3,5-6H2,1-2H3,(H,18,19)/t9-/m0/s1. The van der Waals surface area contributed by atoms with Crippen LogP contribution in [0.5, 0.6) is 0 Å². The van der Waals surface area contributed by atoms with Crippen LogP contribution in [0.15, 0.2) is 16.7 Å². The SMILES string of the molecule is COC(=O)C[C@H](Cc1cc(Br)c2[nH]ncc2c1CCl)C(=O)OC. The van der Waals surface area contributed by atoms with E-state index in [-0.39, 0.29) is 12.3 Å². The van der Waals surface area contributed by atoms with Crippen molar-refractivity contribution in [2.24, 2.45) is 5.92 Å². The number of ether oxygens (including phenoxy) is 2. The highest BCUT2D eigenvalue weighted by atomic mass is 79.9. The number of methoxy groups -OCH3 is 2. The van der Waals surface area contributed by atoms with Crippen LogP contribution in [0.3, 0.4) is 0 Å². The van der Waals surface area contributed by atoms with Gasteiger partial charge in [-0.1, -0.05) is 0 Å². The minimum absolute atomic E-state index is 0.0497.